The number of unbranched alkanes of at least 4 members (excludes halogenated alkanes) is 2. The van der Waals surface area contributed by atoms with E-state index < -0.39 is 15.6 Å². The Morgan fingerprint density at radius 1 is 1.11 bits per heavy atom. The van der Waals surface area contributed by atoms with Crippen molar-refractivity contribution in [1.82, 2.24) is 0 Å². The largest absolute Gasteiger partial charge is 0.396 e. The summed E-state index contributed by atoms with van der Waals surface area (Å²) in [7, 11) is -4.52. The molecular weight excluding hydrogens is 276 g/mol. The molecule has 0 saturated heterocycles. The Balaban J connectivity index is 2.53. The number of halogens is 2. The van der Waals surface area contributed by atoms with Gasteiger partial charge in [-0.1, -0.05) is 0 Å². The van der Waals surface area contributed by atoms with Gasteiger partial charge >= 0.3 is 5.76 Å². The van der Waals surface area contributed by atoms with Gasteiger partial charge in [0.2, 0.25) is 9.84 Å². The summed E-state index contributed by atoms with van der Waals surface area (Å²) in [6.07, 6.45) is 2.51. The number of nitrogens with one attached hydrogen (secondary N) is 1. The van der Waals surface area contributed by atoms with Gasteiger partial charge in [-0.15, -0.1) is 0 Å². The molecule has 0 amide bonds. The zero-order valence-corrected chi connectivity index (χ0v) is 11.2. The van der Waals surface area contributed by atoms with Gasteiger partial charge < -0.3 is 10.4 Å². The number of hydrogen-bond acceptors (Lipinski definition) is 4. The molecule has 0 aliphatic heterocycles. The predicted molar refractivity (Wildman–Crippen MR) is 69.1 cm³/mol. The highest BCUT2D eigenvalue weighted by Crippen LogP contribution is 2.20. The van der Waals surface area contributed by atoms with Crippen LogP contribution in [0.1, 0.15) is 19.3 Å². The van der Waals surface area contributed by atoms with E-state index in [9.17, 15) is 17.2 Å². The molecule has 0 bridgehead atoms. The minimum absolute atomic E-state index is 0.167. The molecule has 0 unspecified atom stereocenters. The lowest BCUT2D eigenvalue weighted by Crippen LogP contribution is -2.11. The molecule has 0 aliphatic rings. The van der Waals surface area contributed by atoms with Crippen LogP contribution in [0.15, 0.2) is 29.2 Å². The summed E-state index contributed by atoms with van der Waals surface area (Å²) in [5.41, 5.74) is 0.678. The minimum atomic E-state index is -4.52. The molecule has 108 valence electrons. The van der Waals surface area contributed by atoms with Gasteiger partial charge in [-0.3, -0.25) is 0 Å². The Morgan fingerprint density at radius 3 is 2.26 bits per heavy atom. The van der Waals surface area contributed by atoms with Gasteiger partial charge in [-0.25, -0.2) is 8.42 Å². The van der Waals surface area contributed by atoms with Crippen LogP contribution in [0, 0.1) is 0 Å². The van der Waals surface area contributed by atoms with Crippen LogP contribution in [-0.4, -0.2) is 32.4 Å². The van der Waals surface area contributed by atoms with Crippen molar-refractivity contribution in [3.05, 3.63) is 24.3 Å². The van der Waals surface area contributed by atoms with Crippen LogP contribution in [0.2, 0.25) is 0 Å². The average molecular weight is 293 g/mol. The quantitative estimate of drug-likeness (QED) is 0.722. The molecule has 1 aromatic carbocycles. The summed E-state index contributed by atoms with van der Waals surface area (Å²) in [4.78, 5) is -0.381. The molecule has 4 nitrogen and oxygen atoms in total. The van der Waals surface area contributed by atoms with Crippen molar-refractivity contribution in [3.63, 3.8) is 0 Å². The van der Waals surface area contributed by atoms with Crippen LogP contribution >= 0.6 is 0 Å². The molecule has 0 spiro atoms. The first-order valence-corrected chi connectivity index (χ1v) is 7.50. The van der Waals surface area contributed by atoms with Gasteiger partial charge in [0.1, 0.15) is 0 Å². The molecule has 19 heavy (non-hydrogen) atoms. The third kappa shape index (κ3) is 4.76. The number of aliphatic hydroxyl groups is 1. The Bertz CT molecular complexity index is 474. The van der Waals surface area contributed by atoms with E-state index in [1.54, 1.807) is 0 Å². The number of hydrogen-bond donors (Lipinski definition) is 2. The molecule has 0 aliphatic carbocycles. The SMILES string of the molecule is O=S(=O)(c1ccc(NCCCCCO)cc1)C(F)F. The number of benzene rings is 1. The normalized spacial score (nSPS) is 11.8. The number of aliphatic hydroxyl groups excluding tert-OH is 1. The van der Waals surface area contributed by atoms with E-state index in [1.807, 2.05) is 0 Å². The van der Waals surface area contributed by atoms with E-state index in [0.29, 0.717) is 12.2 Å². The van der Waals surface area contributed by atoms with E-state index in [4.69, 9.17) is 5.11 Å². The number of sulfone groups is 1. The third-order valence-electron chi connectivity index (χ3n) is 2.58. The van der Waals surface area contributed by atoms with Gasteiger partial charge in [0.15, 0.2) is 0 Å². The maximum Gasteiger partial charge on any atom is 0.341 e. The number of alkyl halides is 2. The van der Waals surface area contributed by atoms with Gasteiger partial charge in [-0.2, -0.15) is 8.78 Å². The first-order chi connectivity index (χ1) is 8.98. The predicted octanol–water partition coefficient (Wildman–Crippen LogP) is 2.26. The van der Waals surface area contributed by atoms with Crippen molar-refractivity contribution in [2.75, 3.05) is 18.5 Å². The van der Waals surface area contributed by atoms with E-state index in [2.05, 4.69) is 5.32 Å². The number of anilines is 1. The smallest absolute Gasteiger partial charge is 0.341 e. The second-order valence-corrected chi connectivity index (χ2v) is 5.96. The standard InChI is InChI=1S/C12H17F2NO3S/c13-12(14)19(17,18)11-6-4-10(5-7-11)15-8-2-1-3-9-16/h4-7,12,15-16H,1-3,8-9H2. The fourth-order valence-electron chi connectivity index (χ4n) is 1.51. The summed E-state index contributed by atoms with van der Waals surface area (Å²) in [5, 5.41) is 11.6. The Morgan fingerprint density at radius 2 is 1.74 bits per heavy atom. The highest BCUT2D eigenvalue weighted by molar-refractivity contribution is 7.91. The Hall–Kier alpha value is -1.21. The Kier molecular flexibility index (Phi) is 6.17. The van der Waals surface area contributed by atoms with Crippen molar-refractivity contribution in [3.8, 4) is 0 Å². The van der Waals surface area contributed by atoms with Crippen LogP contribution in [0.4, 0.5) is 14.5 Å². The fraction of sp³-hybridized carbons (Fsp3) is 0.500. The summed E-state index contributed by atoms with van der Waals surface area (Å²) >= 11 is 0. The highest BCUT2D eigenvalue weighted by atomic mass is 32.2. The van der Waals surface area contributed by atoms with Gasteiger partial charge in [0.25, 0.3) is 0 Å². The fourth-order valence-corrected chi connectivity index (χ4v) is 2.23. The second kappa shape index (κ2) is 7.40. The second-order valence-electron chi connectivity index (χ2n) is 4.04. The monoisotopic (exact) mass is 293 g/mol. The maximum absolute atomic E-state index is 12.3. The van der Waals surface area contributed by atoms with Crippen molar-refractivity contribution in [1.29, 1.82) is 0 Å². The Labute approximate surface area is 111 Å². The first-order valence-electron chi connectivity index (χ1n) is 5.95. The molecule has 1 aromatic rings. The van der Waals surface area contributed by atoms with Crippen LogP contribution in [-0.2, 0) is 9.84 Å². The minimum Gasteiger partial charge on any atom is -0.396 e. The molecule has 0 saturated carbocycles. The molecule has 0 heterocycles. The summed E-state index contributed by atoms with van der Waals surface area (Å²) < 4.78 is 47.0. The summed E-state index contributed by atoms with van der Waals surface area (Å²) in [5.74, 6) is -3.40. The summed E-state index contributed by atoms with van der Waals surface area (Å²) in [6.45, 7) is 0.848. The van der Waals surface area contributed by atoms with Crippen molar-refractivity contribution >= 4 is 15.5 Å². The maximum atomic E-state index is 12.3. The van der Waals surface area contributed by atoms with Gasteiger partial charge in [-0.05, 0) is 43.5 Å². The average Bonchev–Trinajstić information content (AvgIpc) is 2.39. The lowest BCUT2D eigenvalue weighted by atomic mass is 10.2. The lowest BCUT2D eigenvalue weighted by Gasteiger charge is -2.07. The molecule has 0 radical (unpaired) electrons. The van der Waals surface area contributed by atoms with Crippen molar-refractivity contribution in [2.45, 2.75) is 29.9 Å². The van der Waals surface area contributed by atoms with E-state index in [1.165, 1.54) is 12.1 Å². The third-order valence-corrected chi connectivity index (χ3v) is 3.98. The highest BCUT2D eigenvalue weighted by Gasteiger charge is 2.26. The van der Waals surface area contributed by atoms with Crippen LogP contribution < -0.4 is 5.32 Å². The molecule has 1 rings (SSSR count). The van der Waals surface area contributed by atoms with Crippen molar-refractivity contribution in [2.24, 2.45) is 0 Å². The molecule has 2 N–H and O–H groups in total. The van der Waals surface area contributed by atoms with Crippen LogP contribution in [0.5, 0.6) is 0 Å². The first kappa shape index (κ1) is 15.8. The van der Waals surface area contributed by atoms with Crippen LogP contribution in [0.25, 0.3) is 0 Å². The van der Waals surface area contributed by atoms with E-state index >= 15 is 0 Å². The molecule has 0 aromatic heterocycles. The lowest BCUT2D eigenvalue weighted by molar-refractivity contribution is 0.234. The van der Waals surface area contributed by atoms with Gasteiger partial charge in [0.05, 0.1) is 4.90 Å². The van der Waals surface area contributed by atoms with E-state index in [-0.39, 0.29) is 11.5 Å². The van der Waals surface area contributed by atoms with Gasteiger partial charge in [0, 0.05) is 18.8 Å². The summed E-state index contributed by atoms with van der Waals surface area (Å²) in [6, 6.07) is 5.25. The molecule has 7 heteroatoms. The zero-order chi connectivity index (χ0) is 14.3. The molecule has 0 atom stereocenters. The topological polar surface area (TPSA) is 66.4 Å². The zero-order valence-electron chi connectivity index (χ0n) is 10.4. The van der Waals surface area contributed by atoms with Crippen LogP contribution in [0.3, 0.4) is 0 Å². The van der Waals surface area contributed by atoms with Crippen molar-refractivity contribution < 1.29 is 22.3 Å². The number of rotatable bonds is 8. The van der Waals surface area contributed by atoms with E-state index in [0.717, 1.165) is 31.4 Å². The molecule has 0 fully saturated rings. The molecular formula is C12H17F2NO3S.